The predicted octanol–water partition coefficient (Wildman–Crippen LogP) is -0.211. The fraction of sp³-hybridized carbons (Fsp3) is 0. The number of hydrogen-bond donors (Lipinski definition) is 3. The number of hydrogen-bond acceptors (Lipinski definition) is 5. The van der Waals surface area contributed by atoms with E-state index in [-0.39, 0.29) is 16.0 Å². The molecule has 7 nitrogen and oxygen atoms in total. The van der Waals surface area contributed by atoms with Crippen LogP contribution in [0.5, 0.6) is 0 Å². The summed E-state index contributed by atoms with van der Waals surface area (Å²) in [4.78, 5) is 14.1. The molecule has 1 heterocycles. The van der Waals surface area contributed by atoms with Gasteiger partial charge in [-0.3, -0.25) is 4.98 Å². The maximum atomic E-state index is 11.2. The second-order valence-electron chi connectivity index (χ2n) is 2.77. The van der Waals surface area contributed by atoms with Gasteiger partial charge < -0.3 is 9.62 Å². The summed E-state index contributed by atoms with van der Waals surface area (Å²) in [5.74, 6) is -0.670. The van der Waals surface area contributed by atoms with Gasteiger partial charge >= 0.3 is 5.76 Å². The van der Waals surface area contributed by atoms with E-state index in [4.69, 9.17) is 5.21 Å². The van der Waals surface area contributed by atoms with E-state index in [2.05, 4.69) is 9.40 Å². The lowest BCUT2D eigenvalue weighted by Gasteiger charge is -1.99. The molecule has 0 radical (unpaired) electrons. The number of sulfonamides is 1. The van der Waals surface area contributed by atoms with Crippen molar-refractivity contribution in [1.29, 1.82) is 0 Å². The molecule has 0 amide bonds. The average Bonchev–Trinajstić information content (AvgIpc) is 2.56. The second-order valence-corrected chi connectivity index (χ2v) is 4.43. The first-order valence-corrected chi connectivity index (χ1v) is 5.30. The summed E-state index contributed by atoms with van der Waals surface area (Å²) in [7, 11) is -3.94. The number of fused-ring (bicyclic) bond motifs is 1. The molecule has 3 N–H and O–H groups in total. The van der Waals surface area contributed by atoms with E-state index in [0.717, 1.165) is 0 Å². The van der Waals surface area contributed by atoms with E-state index in [1.54, 1.807) is 0 Å². The summed E-state index contributed by atoms with van der Waals surface area (Å²) in [5.41, 5.74) is 0.494. The maximum absolute atomic E-state index is 11.2. The van der Waals surface area contributed by atoms with Gasteiger partial charge in [0.05, 0.1) is 10.4 Å². The Balaban J connectivity index is 2.71. The Morgan fingerprint density at radius 3 is 2.80 bits per heavy atom. The van der Waals surface area contributed by atoms with Crippen molar-refractivity contribution in [3.05, 3.63) is 28.7 Å². The van der Waals surface area contributed by atoms with Crippen LogP contribution in [0.25, 0.3) is 11.1 Å². The molecule has 1 aromatic heterocycles. The van der Waals surface area contributed by atoms with Gasteiger partial charge in [-0.15, -0.1) is 0 Å². The molecule has 0 aliphatic rings. The first-order chi connectivity index (χ1) is 7.03. The third kappa shape index (κ3) is 1.65. The molecule has 0 unspecified atom stereocenters. The van der Waals surface area contributed by atoms with Crippen molar-refractivity contribution in [2.24, 2.45) is 0 Å². The van der Waals surface area contributed by atoms with E-state index in [9.17, 15) is 13.2 Å². The summed E-state index contributed by atoms with van der Waals surface area (Å²) >= 11 is 0. The van der Waals surface area contributed by atoms with Crippen LogP contribution in [-0.2, 0) is 10.0 Å². The summed E-state index contributed by atoms with van der Waals surface area (Å²) < 4.78 is 27.0. The van der Waals surface area contributed by atoms with Crippen LogP contribution in [0, 0.1) is 0 Å². The number of aromatic amines is 1. The molecule has 0 aliphatic heterocycles. The van der Waals surface area contributed by atoms with Crippen LogP contribution >= 0.6 is 0 Å². The normalized spacial score (nSPS) is 12.1. The zero-order chi connectivity index (χ0) is 11.1. The fourth-order valence-electron chi connectivity index (χ4n) is 1.15. The van der Waals surface area contributed by atoms with Crippen LogP contribution in [0.1, 0.15) is 0 Å². The first-order valence-electron chi connectivity index (χ1n) is 3.82. The van der Waals surface area contributed by atoms with Gasteiger partial charge in [0.15, 0.2) is 5.58 Å². The monoisotopic (exact) mass is 230 g/mol. The average molecular weight is 230 g/mol. The highest BCUT2D eigenvalue weighted by molar-refractivity contribution is 7.89. The number of benzene rings is 1. The van der Waals surface area contributed by atoms with E-state index in [1.165, 1.54) is 23.1 Å². The van der Waals surface area contributed by atoms with Crippen molar-refractivity contribution < 1.29 is 18.0 Å². The Labute approximate surface area is 83.3 Å². The first kappa shape index (κ1) is 9.90. The lowest BCUT2D eigenvalue weighted by atomic mass is 10.3. The summed E-state index contributed by atoms with van der Waals surface area (Å²) in [6.45, 7) is 0. The van der Waals surface area contributed by atoms with E-state index in [1.807, 2.05) is 0 Å². The van der Waals surface area contributed by atoms with Gasteiger partial charge in [-0.05, 0) is 18.2 Å². The van der Waals surface area contributed by atoms with Crippen LogP contribution < -0.4 is 10.6 Å². The molecular formula is C7H6N2O5S. The zero-order valence-electron chi connectivity index (χ0n) is 7.22. The molecule has 0 saturated heterocycles. The van der Waals surface area contributed by atoms with Crippen LogP contribution in [0.2, 0.25) is 0 Å². The highest BCUT2D eigenvalue weighted by Gasteiger charge is 2.13. The summed E-state index contributed by atoms with van der Waals surface area (Å²) in [6.07, 6.45) is 0. The number of nitrogens with one attached hydrogen (secondary N) is 2. The third-order valence-corrected chi connectivity index (χ3v) is 2.94. The largest absolute Gasteiger partial charge is 0.417 e. The third-order valence-electron chi connectivity index (χ3n) is 1.82. The standard InChI is InChI=1S/C7H6N2O5S/c10-7-8-5-3-4(15(12,13)9-11)1-2-6(5)14-7/h1-3,9,11H,(H,8,10). The molecule has 0 saturated carbocycles. The fourth-order valence-corrected chi connectivity index (χ4v) is 1.78. The van der Waals surface area contributed by atoms with Crippen molar-refractivity contribution >= 4 is 21.1 Å². The molecule has 0 spiro atoms. The predicted molar refractivity (Wildman–Crippen MR) is 48.9 cm³/mol. The maximum Gasteiger partial charge on any atom is 0.417 e. The van der Waals surface area contributed by atoms with Gasteiger partial charge in [0.25, 0.3) is 10.0 Å². The van der Waals surface area contributed by atoms with Gasteiger partial charge in [-0.25, -0.2) is 13.2 Å². The van der Waals surface area contributed by atoms with Crippen LogP contribution in [0.4, 0.5) is 0 Å². The van der Waals surface area contributed by atoms with Crippen LogP contribution in [0.3, 0.4) is 0 Å². The molecule has 0 atom stereocenters. The van der Waals surface area contributed by atoms with Gasteiger partial charge in [0, 0.05) is 0 Å². The molecule has 0 aliphatic carbocycles. The molecule has 0 fully saturated rings. The van der Waals surface area contributed by atoms with E-state index < -0.39 is 15.8 Å². The number of rotatable bonds is 2. The molecule has 2 aromatic rings. The van der Waals surface area contributed by atoms with Crippen molar-refractivity contribution in [2.45, 2.75) is 4.90 Å². The van der Waals surface area contributed by atoms with Crippen molar-refractivity contribution in [1.82, 2.24) is 9.87 Å². The van der Waals surface area contributed by atoms with Crippen molar-refractivity contribution in [2.75, 3.05) is 0 Å². The number of aromatic nitrogens is 1. The molecule has 0 bridgehead atoms. The summed E-state index contributed by atoms with van der Waals surface area (Å²) in [6, 6.07) is 3.70. The van der Waals surface area contributed by atoms with E-state index in [0.29, 0.717) is 0 Å². The smallest absolute Gasteiger partial charge is 0.408 e. The second kappa shape index (κ2) is 3.19. The number of H-pyrrole nitrogens is 1. The Kier molecular flexibility index (Phi) is 2.11. The van der Waals surface area contributed by atoms with Crippen molar-refractivity contribution in [3.63, 3.8) is 0 Å². The highest BCUT2D eigenvalue weighted by atomic mass is 32.2. The minimum atomic E-state index is -3.94. The SMILES string of the molecule is O=c1[nH]c2cc(S(=O)(=O)NO)ccc2o1. The minimum absolute atomic E-state index is 0.172. The Hall–Kier alpha value is -1.64. The van der Waals surface area contributed by atoms with Gasteiger partial charge in [-0.1, -0.05) is 4.89 Å². The van der Waals surface area contributed by atoms with Crippen molar-refractivity contribution in [3.8, 4) is 0 Å². The van der Waals surface area contributed by atoms with Gasteiger partial charge in [0.1, 0.15) is 0 Å². The van der Waals surface area contributed by atoms with Gasteiger partial charge in [0.2, 0.25) is 0 Å². The quantitative estimate of drug-likeness (QED) is 0.618. The summed E-state index contributed by atoms with van der Waals surface area (Å²) in [5, 5.41) is 8.39. The Morgan fingerprint density at radius 2 is 2.13 bits per heavy atom. The minimum Gasteiger partial charge on any atom is -0.408 e. The molecule has 2 rings (SSSR count). The molecular weight excluding hydrogens is 224 g/mol. The lowest BCUT2D eigenvalue weighted by Crippen LogP contribution is -2.19. The molecule has 1 aromatic carbocycles. The van der Waals surface area contributed by atoms with E-state index >= 15 is 0 Å². The Bertz CT molecular complexity index is 653. The highest BCUT2D eigenvalue weighted by Crippen LogP contribution is 2.15. The topological polar surface area (TPSA) is 112 Å². The number of oxazole rings is 1. The molecule has 80 valence electrons. The zero-order valence-corrected chi connectivity index (χ0v) is 8.04. The van der Waals surface area contributed by atoms with Crippen LogP contribution in [-0.4, -0.2) is 18.6 Å². The lowest BCUT2D eigenvalue weighted by molar-refractivity contribution is 0.242. The molecule has 8 heteroatoms. The van der Waals surface area contributed by atoms with Gasteiger partial charge in [-0.2, -0.15) is 0 Å². The molecule has 15 heavy (non-hydrogen) atoms. The Morgan fingerprint density at radius 1 is 1.40 bits per heavy atom. The van der Waals surface area contributed by atoms with Crippen LogP contribution in [0.15, 0.2) is 32.3 Å².